The molecule has 0 bridgehead atoms. The van der Waals surface area contributed by atoms with E-state index < -0.39 is 5.82 Å². The lowest BCUT2D eigenvalue weighted by molar-refractivity contribution is 0.255. The number of hydrogen-bond donors (Lipinski definition) is 1. The van der Waals surface area contributed by atoms with Crippen LogP contribution in [0.25, 0.3) is 22.5 Å². The van der Waals surface area contributed by atoms with Crippen molar-refractivity contribution in [3.63, 3.8) is 0 Å². The molecule has 2 aromatic heterocycles. The van der Waals surface area contributed by atoms with E-state index >= 15 is 4.39 Å². The zero-order chi connectivity index (χ0) is 23.8. The Labute approximate surface area is 194 Å². The Balaban J connectivity index is 1.54. The summed E-state index contributed by atoms with van der Waals surface area (Å²) in [6, 6.07) is 11.8. The van der Waals surface area contributed by atoms with Crippen molar-refractivity contribution >= 4 is 23.4 Å². The van der Waals surface area contributed by atoms with Crippen molar-refractivity contribution in [2.24, 2.45) is 0 Å². The molecule has 0 spiro atoms. The lowest BCUT2D eigenvalue weighted by Gasteiger charge is -2.20. The van der Waals surface area contributed by atoms with E-state index in [1.54, 1.807) is 35.1 Å². The van der Waals surface area contributed by atoms with Crippen molar-refractivity contribution in [3.05, 3.63) is 72.6 Å². The Morgan fingerprint density at radius 3 is 2.50 bits per heavy atom. The van der Waals surface area contributed by atoms with E-state index in [4.69, 9.17) is 5.73 Å². The monoisotopic (exact) mass is 461 g/mol. The number of nitrogens with zero attached hydrogens (tertiary/aromatic N) is 6. The van der Waals surface area contributed by atoms with Crippen LogP contribution in [-0.4, -0.2) is 38.9 Å². The molecule has 2 amide bonds. The largest absolute Gasteiger partial charge is 0.368 e. The third-order valence-corrected chi connectivity index (χ3v) is 5.71. The Kier molecular flexibility index (Phi) is 5.40. The fourth-order valence-electron chi connectivity index (χ4n) is 4.03. The Morgan fingerprint density at radius 1 is 1.00 bits per heavy atom. The molecule has 0 radical (unpaired) electrons. The first-order valence-corrected chi connectivity index (χ1v) is 10.8. The number of nitrogen functional groups attached to an aromatic ring is 1. The summed E-state index contributed by atoms with van der Waals surface area (Å²) in [6.07, 6.45) is 3.26. The molecule has 0 unspecified atom stereocenters. The number of nitrogens with two attached hydrogens (primary N) is 1. The van der Waals surface area contributed by atoms with Gasteiger partial charge >= 0.3 is 6.03 Å². The number of amides is 2. The molecule has 1 aliphatic rings. The number of rotatable bonds is 5. The molecule has 10 heteroatoms. The van der Waals surface area contributed by atoms with Crippen molar-refractivity contribution in [3.8, 4) is 22.5 Å². The van der Waals surface area contributed by atoms with Crippen LogP contribution in [-0.2, 0) is 6.54 Å². The molecule has 2 aromatic carbocycles. The predicted molar refractivity (Wildman–Crippen MR) is 125 cm³/mol. The van der Waals surface area contributed by atoms with Gasteiger partial charge in [-0.25, -0.2) is 23.5 Å². The Morgan fingerprint density at radius 2 is 1.76 bits per heavy atom. The highest BCUT2D eigenvalue weighted by molar-refractivity contribution is 6.06. The molecule has 1 aliphatic heterocycles. The molecule has 3 heterocycles. The van der Waals surface area contributed by atoms with Gasteiger partial charge < -0.3 is 5.73 Å². The summed E-state index contributed by atoms with van der Waals surface area (Å²) in [5, 5.41) is 4.54. The molecule has 1 fully saturated rings. The number of carbonyl (C=O) groups excluding carboxylic acids is 1. The molecule has 5 rings (SSSR count). The molecular weight excluding hydrogens is 440 g/mol. The quantitative estimate of drug-likeness (QED) is 0.477. The molecule has 0 saturated carbocycles. The predicted octanol–water partition coefficient (Wildman–Crippen LogP) is 4.33. The summed E-state index contributed by atoms with van der Waals surface area (Å²) in [7, 11) is 0. The number of aromatic nitrogens is 4. The van der Waals surface area contributed by atoms with Crippen LogP contribution >= 0.6 is 0 Å². The maximum absolute atomic E-state index is 15.9. The maximum Gasteiger partial charge on any atom is 0.329 e. The second-order valence-electron chi connectivity index (χ2n) is 7.75. The molecule has 172 valence electrons. The third kappa shape index (κ3) is 3.72. The number of hydrogen-bond acceptors (Lipinski definition) is 5. The summed E-state index contributed by atoms with van der Waals surface area (Å²) in [5.74, 6) is -0.845. The summed E-state index contributed by atoms with van der Waals surface area (Å²) in [6.45, 7) is 3.15. The molecule has 8 nitrogen and oxygen atoms in total. The molecular formula is C24H21F2N7O. The zero-order valence-electron chi connectivity index (χ0n) is 18.3. The number of anilines is 3. The number of urea groups is 1. The highest BCUT2D eigenvalue weighted by atomic mass is 19.1. The van der Waals surface area contributed by atoms with Crippen LogP contribution in [0.5, 0.6) is 0 Å². The van der Waals surface area contributed by atoms with Gasteiger partial charge in [-0.1, -0.05) is 12.1 Å². The van der Waals surface area contributed by atoms with Crippen LogP contribution in [0.15, 0.2) is 60.9 Å². The van der Waals surface area contributed by atoms with Gasteiger partial charge in [-0.05, 0) is 43.3 Å². The van der Waals surface area contributed by atoms with Gasteiger partial charge in [0.1, 0.15) is 11.5 Å². The van der Waals surface area contributed by atoms with Crippen molar-refractivity contribution in [1.29, 1.82) is 0 Å². The van der Waals surface area contributed by atoms with Gasteiger partial charge in [0.25, 0.3) is 0 Å². The molecule has 4 aromatic rings. The Hall–Kier alpha value is -4.34. The summed E-state index contributed by atoms with van der Waals surface area (Å²) in [5.41, 5.74) is 8.21. The van der Waals surface area contributed by atoms with Crippen molar-refractivity contribution in [2.45, 2.75) is 13.5 Å². The zero-order valence-corrected chi connectivity index (χ0v) is 18.3. The van der Waals surface area contributed by atoms with E-state index in [1.807, 2.05) is 6.92 Å². The lowest BCUT2D eigenvalue weighted by Crippen LogP contribution is -2.32. The molecule has 1 saturated heterocycles. The van der Waals surface area contributed by atoms with Gasteiger partial charge in [0.05, 0.1) is 11.4 Å². The third-order valence-electron chi connectivity index (χ3n) is 5.71. The highest BCUT2D eigenvalue weighted by Gasteiger charge is 2.33. The van der Waals surface area contributed by atoms with Gasteiger partial charge in [-0.3, -0.25) is 14.5 Å². The maximum atomic E-state index is 15.9. The van der Waals surface area contributed by atoms with Gasteiger partial charge in [-0.2, -0.15) is 5.10 Å². The van der Waals surface area contributed by atoms with Gasteiger partial charge in [0.2, 0.25) is 5.95 Å². The van der Waals surface area contributed by atoms with Crippen LogP contribution in [0, 0.1) is 11.6 Å². The van der Waals surface area contributed by atoms with Crippen molar-refractivity contribution in [2.75, 3.05) is 28.6 Å². The van der Waals surface area contributed by atoms with E-state index in [0.717, 1.165) is 0 Å². The average molecular weight is 461 g/mol. The van der Waals surface area contributed by atoms with Crippen LogP contribution < -0.4 is 15.5 Å². The fourth-order valence-corrected chi connectivity index (χ4v) is 4.03. The first-order valence-electron chi connectivity index (χ1n) is 10.8. The summed E-state index contributed by atoms with van der Waals surface area (Å²) < 4.78 is 30.9. The van der Waals surface area contributed by atoms with E-state index in [-0.39, 0.29) is 29.0 Å². The number of benzene rings is 2. The fraction of sp³-hybridized carbons (Fsp3) is 0.167. The van der Waals surface area contributed by atoms with E-state index in [2.05, 4.69) is 15.1 Å². The topological polar surface area (TPSA) is 93.2 Å². The van der Waals surface area contributed by atoms with Crippen molar-refractivity contribution < 1.29 is 13.6 Å². The lowest BCUT2D eigenvalue weighted by atomic mass is 10.0. The smallest absolute Gasteiger partial charge is 0.329 e. The molecule has 0 aliphatic carbocycles. The van der Waals surface area contributed by atoms with Gasteiger partial charge in [0.15, 0.2) is 5.82 Å². The van der Waals surface area contributed by atoms with Crippen LogP contribution in [0.4, 0.5) is 30.9 Å². The Bertz CT molecular complexity index is 1370. The second kappa shape index (κ2) is 8.54. The second-order valence-corrected chi connectivity index (χ2v) is 7.75. The molecule has 0 atom stereocenters. The minimum Gasteiger partial charge on any atom is -0.368 e. The van der Waals surface area contributed by atoms with E-state index in [1.165, 1.54) is 40.3 Å². The van der Waals surface area contributed by atoms with Crippen molar-refractivity contribution in [1.82, 2.24) is 19.7 Å². The normalized spacial score (nSPS) is 13.7. The minimum atomic E-state index is -0.546. The standard InChI is InChI=1S/C24H21F2N7O/c1-2-31-14-18(22(30-31)19-10-11-28-23(27)29-19)17-4-3-5-20(21(17)26)33-13-12-32(24(33)34)16-8-6-15(25)7-9-16/h3-11,14H,2,12-13H2,1H3,(H2,27,28,29). The van der Waals surface area contributed by atoms with Crippen LogP contribution in [0.3, 0.4) is 0 Å². The van der Waals surface area contributed by atoms with Crippen LogP contribution in [0.1, 0.15) is 6.92 Å². The number of aryl methyl sites for hydroxylation is 1. The highest BCUT2D eigenvalue weighted by Crippen LogP contribution is 2.36. The van der Waals surface area contributed by atoms with Crippen LogP contribution in [0.2, 0.25) is 0 Å². The van der Waals surface area contributed by atoms with E-state index in [9.17, 15) is 9.18 Å². The van der Waals surface area contributed by atoms with Gasteiger partial charge in [-0.15, -0.1) is 0 Å². The first-order chi connectivity index (χ1) is 16.5. The summed E-state index contributed by atoms with van der Waals surface area (Å²) >= 11 is 0. The minimum absolute atomic E-state index is 0.0901. The van der Waals surface area contributed by atoms with Gasteiger partial charge in [0, 0.05) is 48.8 Å². The molecule has 34 heavy (non-hydrogen) atoms. The molecule has 2 N–H and O–H groups in total. The SMILES string of the molecule is CCn1cc(-c2cccc(N3CCN(c4ccc(F)cc4)C3=O)c2F)c(-c2ccnc(N)n2)n1. The number of halogens is 2. The summed E-state index contributed by atoms with van der Waals surface area (Å²) in [4.78, 5) is 24.1. The first kappa shape index (κ1) is 21.5. The number of carbonyl (C=O) groups is 1. The average Bonchev–Trinajstić information content (AvgIpc) is 3.44. The van der Waals surface area contributed by atoms with E-state index in [0.29, 0.717) is 42.3 Å².